The topological polar surface area (TPSA) is 18.5 Å². The molecule has 3 aliphatic heterocycles. The Balaban J connectivity index is 1.94. The van der Waals surface area contributed by atoms with E-state index in [1.165, 1.54) is 4.48 Å². The highest BCUT2D eigenvalue weighted by Gasteiger charge is 2.63. The third-order valence-electron chi connectivity index (χ3n) is 4.26. The normalized spacial score (nSPS) is 45.7. The van der Waals surface area contributed by atoms with Gasteiger partial charge in [0, 0.05) is 16.8 Å². The van der Waals surface area contributed by atoms with E-state index >= 15 is 0 Å². The number of alkyl halides is 1. The van der Waals surface area contributed by atoms with Crippen LogP contribution in [0.3, 0.4) is 0 Å². The smallest absolute Gasteiger partial charge is 0.128 e. The van der Waals surface area contributed by atoms with Crippen LogP contribution in [0.5, 0.6) is 0 Å². The molecule has 3 fully saturated rings. The summed E-state index contributed by atoms with van der Waals surface area (Å²) >= 11 is 10.2. The van der Waals surface area contributed by atoms with E-state index in [9.17, 15) is 0 Å². The maximum atomic E-state index is 6.53. The van der Waals surface area contributed by atoms with Crippen LogP contribution >= 0.6 is 27.5 Å². The molecule has 0 aromatic heterocycles. The summed E-state index contributed by atoms with van der Waals surface area (Å²) in [6.45, 7) is 4.14. The van der Waals surface area contributed by atoms with Gasteiger partial charge in [-0.2, -0.15) is 0 Å². The zero-order chi connectivity index (χ0) is 12.9. The van der Waals surface area contributed by atoms with E-state index in [0.717, 1.165) is 18.6 Å². The molecular weight excluding hydrogens is 316 g/mol. The van der Waals surface area contributed by atoms with Crippen LogP contribution in [0.2, 0.25) is 0 Å². The van der Waals surface area contributed by atoms with E-state index in [2.05, 4.69) is 28.9 Å². The van der Waals surface area contributed by atoms with Gasteiger partial charge in [-0.1, -0.05) is 35.0 Å². The van der Waals surface area contributed by atoms with E-state index < -0.39 is 0 Å². The first-order valence-corrected chi connectivity index (χ1v) is 7.87. The molecule has 0 spiro atoms. The molecule has 100 valence electrons. The minimum Gasteiger partial charge on any atom is -0.491 e. The minimum absolute atomic E-state index is 0.0322. The van der Waals surface area contributed by atoms with Crippen molar-refractivity contribution in [1.29, 1.82) is 0 Å². The highest BCUT2D eigenvalue weighted by atomic mass is 79.9. The van der Waals surface area contributed by atoms with Gasteiger partial charge in [-0.25, -0.2) is 0 Å². The number of hydrogen-bond acceptors (Lipinski definition) is 2. The van der Waals surface area contributed by atoms with Gasteiger partial charge in [0.05, 0.1) is 17.4 Å². The van der Waals surface area contributed by atoms with E-state index in [4.69, 9.17) is 21.1 Å². The SMILES string of the molecule is C/C=C\[C@@H](Cl)[C@H]1[C@@H]2/C(=C(\Br)CC)O[C@@H]3C[C@H]1O[C@@H]23. The van der Waals surface area contributed by atoms with Gasteiger partial charge in [-0.3, -0.25) is 0 Å². The second-order valence-electron chi connectivity index (χ2n) is 5.23. The van der Waals surface area contributed by atoms with Crippen LogP contribution < -0.4 is 0 Å². The summed E-state index contributed by atoms with van der Waals surface area (Å²) in [4.78, 5) is 0. The van der Waals surface area contributed by atoms with Crippen molar-refractivity contribution >= 4 is 27.5 Å². The van der Waals surface area contributed by atoms with Gasteiger partial charge in [-0.15, -0.1) is 11.6 Å². The molecule has 0 amide bonds. The predicted molar refractivity (Wildman–Crippen MR) is 75.8 cm³/mol. The Morgan fingerprint density at radius 2 is 2.33 bits per heavy atom. The second kappa shape index (κ2) is 4.84. The fourth-order valence-corrected chi connectivity index (χ4v) is 4.36. The van der Waals surface area contributed by atoms with Gasteiger partial charge < -0.3 is 9.47 Å². The van der Waals surface area contributed by atoms with Crippen molar-refractivity contribution in [3.8, 4) is 0 Å². The predicted octanol–water partition coefficient (Wildman–Crippen LogP) is 3.99. The number of halogens is 2. The molecule has 3 saturated heterocycles. The first-order valence-electron chi connectivity index (χ1n) is 6.64. The van der Waals surface area contributed by atoms with Gasteiger partial charge in [0.15, 0.2) is 0 Å². The molecule has 0 N–H and O–H groups in total. The summed E-state index contributed by atoms with van der Waals surface area (Å²) < 4.78 is 13.3. The quantitative estimate of drug-likeness (QED) is 0.574. The maximum absolute atomic E-state index is 6.53. The number of hydrogen-bond donors (Lipinski definition) is 0. The molecule has 4 heteroatoms. The molecule has 18 heavy (non-hydrogen) atoms. The Labute approximate surface area is 121 Å². The van der Waals surface area contributed by atoms with Crippen LogP contribution in [0, 0.1) is 11.8 Å². The van der Waals surface area contributed by atoms with Gasteiger partial charge in [0.2, 0.25) is 0 Å². The fraction of sp³-hybridized carbons (Fsp3) is 0.714. The van der Waals surface area contributed by atoms with Crippen LogP contribution in [0.15, 0.2) is 22.4 Å². The Hall–Kier alpha value is 0.01000. The Morgan fingerprint density at radius 3 is 3.00 bits per heavy atom. The molecule has 3 heterocycles. The third-order valence-corrected chi connectivity index (χ3v) is 5.65. The lowest BCUT2D eigenvalue weighted by Gasteiger charge is -2.25. The van der Waals surface area contributed by atoms with Gasteiger partial charge in [-0.05, 0) is 13.3 Å². The number of allylic oxidation sites excluding steroid dienone is 3. The number of rotatable bonds is 3. The van der Waals surface area contributed by atoms with Crippen LogP contribution in [0.25, 0.3) is 0 Å². The Kier molecular flexibility index (Phi) is 3.50. The lowest BCUT2D eigenvalue weighted by atomic mass is 9.77. The second-order valence-corrected chi connectivity index (χ2v) is 6.69. The lowest BCUT2D eigenvalue weighted by molar-refractivity contribution is 0.0690. The summed E-state index contributed by atoms with van der Waals surface area (Å²) in [5.74, 6) is 1.77. The Morgan fingerprint density at radius 1 is 1.56 bits per heavy atom. The largest absolute Gasteiger partial charge is 0.491 e. The van der Waals surface area contributed by atoms with Gasteiger partial charge in [0.25, 0.3) is 0 Å². The summed E-state index contributed by atoms with van der Waals surface area (Å²) in [5, 5.41) is 0.0322. The molecule has 0 aliphatic carbocycles. The van der Waals surface area contributed by atoms with E-state index in [0.29, 0.717) is 11.8 Å². The highest BCUT2D eigenvalue weighted by molar-refractivity contribution is 9.11. The molecule has 0 aromatic carbocycles. The standard InChI is InChI=1S/C14H18BrClO2/c1-3-5-8(16)11-9-6-10-14(17-9)12(11)13(18-10)7(15)4-2/h3,5,8-12,14H,4,6H2,1-2H3/b5-3-,13-7+/t8-,9-,10-,11-,12-,14-/m1/s1. The molecule has 3 aliphatic rings. The number of fused-ring (bicyclic) bond motifs is 1. The molecule has 0 radical (unpaired) electrons. The zero-order valence-electron chi connectivity index (χ0n) is 10.6. The molecule has 0 unspecified atom stereocenters. The van der Waals surface area contributed by atoms with Crippen molar-refractivity contribution in [1.82, 2.24) is 0 Å². The third kappa shape index (κ3) is 1.78. The van der Waals surface area contributed by atoms with E-state index in [1.807, 2.05) is 13.0 Å². The average molecular weight is 334 g/mol. The maximum Gasteiger partial charge on any atom is 0.128 e. The van der Waals surface area contributed by atoms with Crippen LogP contribution in [-0.4, -0.2) is 23.7 Å². The molecule has 2 bridgehead atoms. The highest BCUT2D eigenvalue weighted by Crippen LogP contribution is 2.56. The summed E-state index contributed by atoms with van der Waals surface area (Å²) in [6.07, 6.45) is 6.77. The van der Waals surface area contributed by atoms with Crippen molar-refractivity contribution in [3.05, 3.63) is 22.4 Å². The van der Waals surface area contributed by atoms with Crippen LogP contribution in [-0.2, 0) is 9.47 Å². The van der Waals surface area contributed by atoms with Crippen molar-refractivity contribution in [2.24, 2.45) is 11.8 Å². The molecule has 2 nitrogen and oxygen atoms in total. The van der Waals surface area contributed by atoms with E-state index in [-0.39, 0.29) is 23.7 Å². The van der Waals surface area contributed by atoms with Crippen LogP contribution in [0.1, 0.15) is 26.7 Å². The zero-order valence-corrected chi connectivity index (χ0v) is 12.9. The molecule has 0 aromatic rings. The van der Waals surface area contributed by atoms with Crippen molar-refractivity contribution in [2.75, 3.05) is 0 Å². The summed E-state index contributed by atoms with van der Waals surface area (Å²) in [5.41, 5.74) is 0. The molecular formula is C14H18BrClO2. The van der Waals surface area contributed by atoms with Crippen molar-refractivity contribution in [3.63, 3.8) is 0 Å². The van der Waals surface area contributed by atoms with Gasteiger partial charge >= 0.3 is 0 Å². The first-order chi connectivity index (χ1) is 8.67. The van der Waals surface area contributed by atoms with Gasteiger partial charge in [0.1, 0.15) is 18.0 Å². The first kappa shape index (κ1) is 13.0. The molecule has 0 saturated carbocycles. The van der Waals surface area contributed by atoms with Crippen molar-refractivity contribution < 1.29 is 9.47 Å². The van der Waals surface area contributed by atoms with Crippen molar-refractivity contribution in [2.45, 2.75) is 50.4 Å². The summed E-state index contributed by atoms with van der Waals surface area (Å²) in [6, 6.07) is 0. The minimum atomic E-state index is 0.0322. The number of ether oxygens (including phenoxy) is 2. The molecule has 6 atom stereocenters. The lowest BCUT2D eigenvalue weighted by Crippen LogP contribution is -2.34. The average Bonchev–Trinajstić information content (AvgIpc) is 2.95. The summed E-state index contributed by atoms with van der Waals surface area (Å²) in [7, 11) is 0. The molecule has 3 rings (SSSR count). The fourth-order valence-electron chi connectivity index (χ4n) is 3.54. The van der Waals surface area contributed by atoms with Crippen LogP contribution in [0.4, 0.5) is 0 Å². The Bertz CT molecular complexity index is 405. The monoisotopic (exact) mass is 332 g/mol. The van der Waals surface area contributed by atoms with E-state index in [1.54, 1.807) is 0 Å².